The van der Waals surface area contributed by atoms with Gasteiger partial charge in [-0.15, -0.1) is 0 Å². The van der Waals surface area contributed by atoms with Crippen LogP contribution in [0.5, 0.6) is 0 Å². The Kier molecular flexibility index (Phi) is 3.27. The topological polar surface area (TPSA) is 42.9 Å². The van der Waals surface area contributed by atoms with Crippen molar-refractivity contribution in [3.8, 4) is 0 Å². The van der Waals surface area contributed by atoms with Crippen LogP contribution in [0.4, 0.5) is 0 Å². The summed E-state index contributed by atoms with van der Waals surface area (Å²) >= 11 is 5.88. The predicted molar refractivity (Wildman–Crippen MR) is 61.5 cm³/mol. The number of aromatic nitrogens is 2. The number of hydrogen-bond donors (Lipinski definition) is 0. The van der Waals surface area contributed by atoms with E-state index < -0.39 is 0 Å². The van der Waals surface area contributed by atoms with Gasteiger partial charge in [-0.25, -0.2) is 0 Å². The van der Waals surface area contributed by atoms with E-state index in [2.05, 4.69) is 9.97 Å². The van der Waals surface area contributed by atoms with Crippen molar-refractivity contribution < 1.29 is 4.79 Å². The van der Waals surface area contributed by atoms with Crippen molar-refractivity contribution >= 4 is 17.4 Å². The zero-order valence-corrected chi connectivity index (χ0v) is 9.19. The Morgan fingerprint density at radius 2 is 1.94 bits per heavy atom. The Balaban J connectivity index is 2.19. The first kappa shape index (κ1) is 10.8. The molecule has 2 aromatic heterocycles. The van der Waals surface area contributed by atoms with E-state index in [0.717, 1.165) is 0 Å². The number of nitrogens with zero attached hydrogens (tertiary/aromatic N) is 2. The van der Waals surface area contributed by atoms with E-state index in [1.165, 1.54) is 0 Å². The van der Waals surface area contributed by atoms with Crippen molar-refractivity contribution in [2.45, 2.75) is 6.42 Å². The molecule has 2 heterocycles. The Labute approximate surface area is 98.1 Å². The number of rotatable bonds is 3. The molecule has 0 bridgehead atoms. The molecule has 0 unspecified atom stereocenters. The Bertz CT molecular complexity index is 499. The van der Waals surface area contributed by atoms with Crippen LogP contribution in [0.1, 0.15) is 16.2 Å². The van der Waals surface area contributed by atoms with Crippen molar-refractivity contribution in [1.82, 2.24) is 9.97 Å². The molecule has 0 radical (unpaired) electrons. The minimum atomic E-state index is -0.121. The first-order valence-electron chi connectivity index (χ1n) is 4.81. The number of carbonyl (C=O) groups excluding carboxylic acids is 1. The zero-order chi connectivity index (χ0) is 11.4. The molecule has 0 saturated heterocycles. The van der Waals surface area contributed by atoms with Crippen molar-refractivity contribution in [2.24, 2.45) is 0 Å². The fraction of sp³-hybridized carbons (Fsp3) is 0.0833. The van der Waals surface area contributed by atoms with Crippen LogP contribution in [0.3, 0.4) is 0 Å². The van der Waals surface area contributed by atoms with E-state index in [1.807, 2.05) is 12.1 Å². The van der Waals surface area contributed by atoms with Crippen LogP contribution in [0.25, 0.3) is 0 Å². The molecule has 0 spiro atoms. The molecular weight excluding hydrogens is 224 g/mol. The van der Waals surface area contributed by atoms with Crippen LogP contribution < -0.4 is 0 Å². The zero-order valence-electron chi connectivity index (χ0n) is 8.43. The van der Waals surface area contributed by atoms with E-state index in [9.17, 15) is 4.79 Å². The van der Waals surface area contributed by atoms with Gasteiger partial charge in [0.1, 0.15) is 5.69 Å². The molecule has 0 amide bonds. The standard InChI is InChI=1S/C12H9ClN2O/c13-10-5-3-7-15-12(10)11(16)8-9-4-1-2-6-14-9/h1-7H,8H2. The largest absolute Gasteiger partial charge is 0.292 e. The maximum atomic E-state index is 11.8. The number of ketones is 1. The highest BCUT2D eigenvalue weighted by Crippen LogP contribution is 2.14. The van der Waals surface area contributed by atoms with Crippen LogP contribution in [0, 0.1) is 0 Å². The Morgan fingerprint density at radius 3 is 2.62 bits per heavy atom. The van der Waals surface area contributed by atoms with Gasteiger partial charge in [-0.05, 0) is 24.3 Å². The van der Waals surface area contributed by atoms with Gasteiger partial charge in [0, 0.05) is 18.1 Å². The second-order valence-corrected chi connectivity index (χ2v) is 3.66. The van der Waals surface area contributed by atoms with Gasteiger partial charge in [-0.2, -0.15) is 0 Å². The highest BCUT2D eigenvalue weighted by atomic mass is 35.5. The molecule has 0 saturated carbocycles. The summed E-state index contributed by atoms with van der Waals surface area (Å²) in [6, 6.07) is 8.80. The lowest BCUT2D eigenvalue weighted by atomic mass is 10.1. The van der Waals surface area contributed by atoms with Gasteiger partial charge in [0.15, 0.2) is 5.78 Å². The van der Waals surface area contributed by atoms with Crippen LogP contribution in [-0.4, -0.2) is 15.8 Å². The Hall–Kier alpha value is -1.74. The molecule has 0 aliphatic heterocycles. The minimum absolute atomic E-state index is 0.121. The third-order valence-corrected chi connectivity index (χ3v) is 2.40. The third kappa shape index (κ3) is 2.44. The smallest absolute Gasteiger partial charge is 0.188 e. The summed E-state index contributed by atoms with van der Waals surface area (Å²) in [5.41, 5.74) is 1.02. The first-order chi connectivity index (χ1) is 7.77. The number of carbonyl (C=O) groups is 1. The van der Waals surface area contributed by atoms with E-state index in [4.69, 9.17) is 11.6 Å². The molecule has 0 N–H and O–H groups in total. The molecular formula is C12H9ClN2O. The van der Waals surface area contributed by atoms with Crippen LogP contribution in [0.2, 0.25) is 5.02 Å². The third-order valence-electron chi connectivity index (χ3n) is 2.09. The SMILES string of the molecule is O=C(Cc1ccccn1)c1ncccc1Cl. The molecule has 80 valence electrons. The first-order valence-corrected chi connectivity index (χ1v) is 5.19. The molecule has 0 aromatic carbocycles. The lowest BCUT2D eigenvalue weighted by Gasteiger charge is -2.01. The van der Waals surface area contributed by atoms with Gasteiger partial charge in [-0.1, -0.05) is 17.7 Å². The van der Waals surface area contributed by atoms with Gasteiger partial charge >= 0.3 is 0 Å². The van der Waals surface area contributed by atoms with E-state index in [0.29, 0.717) is 16.4 Å². The summed E-state index contributed by atoms with van der Waals surface area (Å²) < 4.78 is 0. The predicted octanol–water partition coefficient (Wildman–Crippen LogP) is 2.56. The van der Waals surface area contributed by atoms with Gasteiger partial charge in [-0.3, -0.25) is 14.8 Å². The van der Waals surface area contributed by atoms with Gasteiger partial charge in [0.2, 0.25) is 0 Å². The van der Waals surface area contributed by atoms with Gasteiger partial charge in [0.25, 0.3) is 0 Å². The number of pyridine rings is 2. The second kappa shape index (κ2) is 4.86. The lowest BCUT2D eigenvalue weighted by Crippen LogP contribution is -2.07. The van der Waals surface area contributed by atoms with Crippen molar-refractivity contribution in [2.75, 3.05) is 0 Å². The van der Waals surface area contributed by atoms with Gasteiger partial charge < -0.3 is 0 Å². The summed E-state index contributed by atoms with van der Waals surface area (Å²) in [6.07, 6.45) is 3.43. The van der Waals surface area contributed by atoms with Crippen molar-refractivity contribution in [1.29, 1.82) is 0 Å². The van der Waals surface area contributed by atoms with Crippen LogP contribution >= 0.6 is 11.6 Å². The summed E-state index contributed by atoms with van der Waals surface area (Å²) in [6.45, 7) is 0. The number of halogens is 1. The summed E-state index contributed by atoms with van der Waals surface area (Å²) in [5, 5.41) is 0.378. The molecule has 16 heavy (non-hydrogen) atoms. The number of Topliss-reactive ketones (excluding diaryl/α,β-unsaturated/α-hetero) is 1. The molecule has 0 atom stereocenters. The number of hydrogen-bond acceptors (Lipinski definition) is 3. The second-order valence-electron chi connectivity index (χ2n) is 3.25. The highest BCUT2D eigenvalue weighted by molar-refractivity contribution is 6.33. The summed E-state index contributed by atoms with van der Waals surface area (Å²) in [7, 11) is 0. The lowest BCUT2D eigenvalue weighted by molar-refractivity contribution is 0.0987. The molecule has 3 nitrogen and oxygen atoms in total. The fourth-order valence-electron chi connectivity index (χ4n) is 1.34. The summed E-state index contributed by atoms with van der Waals surface area (Å²) in [5.74, 6) is -0.121. The molecule has 4 heteroatoms. The Morgan fingerprint density at radius 1 is 1.12 bits per heavy atom. The average Bonchev–Trinajstić information content (AvgIpc) is 2.31. The van der Waals surface area contributed by atoms with Crippen molar-refractivity contribution in [3.63, 3.8) is 0 Å². The fourth-order valence-corrected chi connectivity index (χ4v) is 1.57. The molecule has 0 fully saturated rings. The normalized spacial score (nSPS) is 10.1. The molecule has 2 rings (SSSR count). The molecule has 2 aromatic rings. The summed E-state index contributed by atoms with van der Waals surface area (Å²) in [4.78, 5) is 19.9. The van der Waals surface area contributed by atoms with Gasteiger partial charge in [0.05, 0.1) is 11.4 Å². The quantitative estimate of drug-likeness (QED) is 0.764. The maximum absolute atomic E-state index is 11.8. The monoisotopic (exact) mass is 232 g/mol. The van der Waals surface area contributed by atoms with E-state index >= 15 is 0 Å². The minimum Gasteiger partial charge on any atom is -0.292 e. The van der Waals surface area contributed by atoms with Crippen molar-refractivity contribution in [3.05, 3.63) is 59.1 Å². The van der Waals surface area contributed by atoms with Crippen LogP contribution in [-0.2, 0) is 6.42 Å². The van der Waals surface area contributed by atoms with Crippen LogP contribution in [0.15, 0.2) is 42.7 Å². The average molecular weight is 233 g/mol. The highest BCUT2D eigenvalue weighted by Gasteiger charge is 2.12. The maximum Gasteiger partial charge on any atom is 0.188 e. The molecule has 0 aliphatic rings. The van der Waals surface area contributed by atoms with E-state index in [-0.39, 0.29) is 12.2 Å². The molecule has 0 aliphatic carbocycles. The van der Waals surface area contributed by atoms with E-state index in [1.54, 1.807) is 30.6 Å².